The van der Waals surface area contributed by atoms with E-state index in [2.05, 4.69) is 24.3 Å². The van der Waals surface area contributed by atoms with Crippen LogP contribution >= 0.6 is 0 Å². The molecule has 1 aromatic heterocycles. The molecule has 0 unspecified atom stereocenters. The molecule has 5 heteroatoms. The van der Waals surface area contributed by atoms with Crippen LogP contribution in [0.25, 0.3) is 5.69 Å². The molecular formula is C16H23N3O2. The van der Waals surface area contributed by atoms with Gasteiger partial charge in [0.25, 0.3) is 0 Å². The molecule has 0 spiro atoms. The van der Waals surface area contributed by atoms with Gasteiger partial charge in [-0.1, -0.05) is 6.92 Å². The van der Waals surface area contributed by atoms with Crippen molar-refractivity contribution in [2.75, 3.05) is 20.8 Å². The van der Waals surface area contributed by atoms with E-state index < -0.39 is 0 Å². The number of hydrogen-bond donors (Lipinski definition) is 1. The Morgan fingerprint density at radius 1 is 1.24 bits per heavy atom. The second-order valence-corrected chi connectivity index (χ2v) is 4.88. The number of benzene rings is 1. The van der Waals surface area contributed by atoms with Gasteiger partial charge in [-0.25, -0.2) is 4.68 Å². The standard InChI is InChI=1S/C16H23N3O2/c1-5-8-17-10-13-11-18-19(12(13)2)15-7-6-14(20-3)9-16(15)21-4/h6-7,9,11,17H,5,8,10H2,1-4H3. The van der Waals surface area contributed by atoms with Crippen LogP contribution in [0.1, 0.15) is 24.6 Å². The molecule has 0 aliphatic carbocycles. The number of methoxy groups -OCH3 is 2. The minimum Gasteiger partial charge on any atom is -0.497 e. The third-order valence-electron chi connectivity index (χ3n) is 3.47. The van der Waals surface area contributed by atoms with Crippen molar-refractivity contribution in [1.29, 1.82) is 0 Å². The van der Waals surface area contributed by atoms with Gasteiger partial charge in [-0.05, 0) is 32.0 Å². The second kappa shape index (κ2) is 7.13. The molecule has 0 saturated carbocycles. The van der Waals surface area contributed by atoms with E-state index in [-0.39, 0.29) is 0 Å². The molecule has 0 radical (unpaired) electrons. The van der Waals surface area contributed by atoms with Gasteiger partial charge in [0.05, 0.1) is 20.4 Å². The van der Waals surface area contributed by atoms with E-state index in [1.807, 2.05) is 29.1 Å². The molecule has 0 amide bonds. The Hall–Kier alpha value is -2.01. The van der Waals surface area contributed by atoms with Crippen molar-refractivity contribution in [3.05, 3.63) is 35.7 Å². The number of nitrogens with zero attached hydrogens (tertiary/aromatic N) is 2. The lowest BCUT2D eigenvalue weighted by Gasteiger charge is -2.12. The van der Waals surface area contributed by atoms with Gasteiger partial charge in [0, 0.05) is 23.9 Å². The second-order valence-electron chi connectivity index (χ2n) is 4.88. The summed E-state index contributed by atoms with van der Waals surface area (Å²) < 4.78 is 12.6. The average molecular weight is 289 g/mol. The minimum absolute atomic E-state index is 0.744. The predicted octanol–water partition coefficient (Wildman–Crippen LogP) is 2.70. The molecule has 1 N–H and O–H groups in total. The van der Waals surface area contributed by atoms with Gasteiger partial charge < -0.3 is 14.8 Å². The zero-order chi connectivity index (χ0) is 15.2. The summed E-state index contributed by atoms with van der Waals surface area (Å²) in [4.78, 5) is 0. The van der Waals surface area contributed by atoms with Gasteiger partial charge in [0.2, 0.25) is 0 Å². The third-order valence-corrected chi connectivity index (χ3v) is 3.47. The van der Waals surface area contributed by atoms with Crippen LogP contribution in [-0.4, -0.2) is 30.5 Å². The highest BCUT2D eigenvalue weighted by Crippen LogP contribution is 2.28. The van der Waals surface area contributed by atoms with Gasteiger partial charge in [0.15, 0.2) is 0 Å². The lowest BCUT2D eigenvalue weighted by atomic mass is 10.2. The minimum atomic E-state index is 0.744. The number of ether oxygens (including phenoxy) is 2. The third kappa shape index (κ3) is 3.36. The highest BCUT2D eigenvalue weighted by molar-refractivity contribution is 5.51. The summed E-state index contributed by atoms with van der Waals surface area (Å²) in [5, 5.41) is 7.88. The van der Waals surface area contributed by atoms with Gasteiger partial charge in [-0.3, -0.25) is 0 Å². The number of rotatable bonds is 7. The first-order valence-electron chi connectivity index (χ1n) is 7.17. The van der Waals surface area contributed by atoms with E-state index in [1.165, 1.54) is 5.56 Å². The van der Waals surface area contributed by atoms with Crippen LogP contribution in [0.2, 0.25) is 0 Å². The first-order valence-corrected chi connectivity index (χ1v) is 7.17. The summed E-state index contributed by atoms with van der Waals surface area (Å²) in [7, 11) is 3.30. The van der Waals surface area contributed by atoms with Crippen molar-refractivity contribution >= 4 is 0 Å². The molecule has 0 bridgehead atoms. The monoisotopic (exact) mass is 289 g/mol. The van der Waals surface area contributed by atoms with E-state index in [1.54, 1.807) is 14.2 Å². The molecule has 0 aliphatic heterocycles. The molecule has 0 aliphatic rings. The van der Waals surface area contributed by atoms with Gasteiger partial charge >= 0.3 is 0 Å². The SMILES string of the molecule is CCCNCc1cnn(-c2ccc(OC)cc2OC)c1C. The zero-order valence-electron chi connectivity index (χ0n) is 13.1. The Kier molecular flexibility index (Phi) is 5.22. The van der Waals surface area contributed by atoms with Crippen molar-refractivity contribution in [3.63, 3.8) is 0 Å². The summed E-state index contributed by atoms with van der Waals surface area (Å²) in [6, 6.07) is 5.74. The molecule has 1 heterocycles. The van der Waals surface area contributed by atoms with Crippen LogP contribution in [0.5, 0.6) is 11.5 Å². The molecule has 0 atom stereocenters. The first-order chi connectivity index (χ1) is 10.2. The van der Waals surface area contributed by atoms with Gasteiger partial charge in [-0.2, -0.15) is 5.10 Å². The fourth-order valence-electron chi connectivity index (χ4n) is 2.22. The van der Waals surface area contributed by atoms with Gasteiger partial charge in [0.1, 0.15) is 17.2 Å². The molecule has 114 valence electrons. The highest BCUT2D eigenvalue weighted by Gasteiger charge is 2.12. The van der Waals surface area contributed by atoms with Crippen LogP contribution in [0, 0.1) is 6.92 Å². The van der Waals surface area contributed by atoms with E-state index in [0.29, 0.717) is 0 Å². The predicted molar refractivity (Wildman–Crippen MR) is 83.4 cm³/mol. The molecule has 1 aromatic carbocycles. The quantitative estimate of drug-likeness (QED) is 0.796. The summed E-state index contributed by atoms with van der Waals surface area (Å²) >= 11 is 0. The summed E-state index contributed by atoms with van der Waals surface area (Å²) in [5.74, 6) is 1.51. The Morgan fingerprint density at radius 3 is 2.71 bits per heavy atom. The first kappa shape index (κ1) is 15.4. The van der Waals surface area contributed by atoms with Gasteiger partial charge in [-0.15, -0.1) is 0 Å². The van der Waals surface area contributed by atoms with E-state index in [0.717, 1.165) is 42.4 Å². The van der Waals surface area contributed by atoms with Crippen LogP contribution in [0.4, 0.5) is 0 Å². The number of hydrogen-bond acceptors (Lipinski definition) is 4. The topological polar surface area (TPSA) is 48.3 Å². The molecule has 2 aromatic rings. The molecule has 2 rings (SSSR count). The number of nitrogens with one attached hydrogen (secondary N) is 1. The largest absolute Gasteiger partial charge is 0.497 e. The fourth-order valence-corrected chi connectivity index (χ4v) is 2.22. The Balaban J connectivity index is 2.30. The van der Waals surface area contributed by atoms with Crippen molar-refractivity contribution in [2.24, 2.45) is 0 Å². The Labute approximate surface area is 125 Å². The molecular weight excluding hydrogens is 266 g/mol. The molecule has 5 nitrogen and oxygen atoms in total. The van der Waals surface area contributed by atoms with Crippen molar-refractivity contribution in [2.45, 2.75) is 26.8 Å². The molecule has 0 fully saturated rings. The van der Waals surface area contributed by atoms with Crippen LogP contribution in [0.15, 0.2) is 24.4 Å². The van der Waals surface area contributed by atoms with E-state index in [4.69, 9.17) is 9.47 Å². The van der Waals surface area contributed by atoms with Crippen LogP contribution in [-0.2, 0) is 6.54 Å². The smallest absolute Gasteiger partial charge is 0.148 e. The van der Waals surface area contributed by atoms with Crippen LogP contribution in [0.3, 0.4) is 0 Å². The zero-order valence-corrected chi connectivity index (χ0v) is 13.1. The maximum absolute atomic E-state index is 5.45. The van der Waals surface area contributed by atoms with Crippen molar-refractivity contribution < 1.29 is 9.47 Å². The lowest BCUT2D eigenvalue weighted by Crippen LogP contribution is -2.14. The maximum Gasteiger partial charge on any atom is 0.148 e. The Morgan fingerprint density at radius 2 is 2.05 bits per heavy atom. The average Bonchev–Trinajstić information content (AvgIpc) is 2.88. The normalized spacial score (nSPS) is 10.7. The van der Waals surface area contributed by atoms with E-state index in [9.17, 15) is 0 Å². The molecule has 0 saturated heterocycles. The highest BCUT2D eigenvalue weighted by atomic mass is 16.5. The lowest BCUT2D eigenvalue weighted by molar-refractivity contribution is 0.392. The number of aromatic nitrogens is 2. The van der Waals surface area contributed by atoms with Crippen molar-refractivity contribution in [1.82, 2.24) is 15.1 Å². The Bertz CT molecular complexity index is 593. The summed E-state index contributed by atoms with van der Waals surface area (Å²) in [6.07, 6.45) is 3.03. The summed E-state index contributed by atoms with van der Waals surface area (Å²) in [5.41, 5.74) is 3.22. The van der Waals surface area contributed by atoms with Crippen LogP contribution < -0.4 is 14.8 Å². The van der Waals surface area contributed by atoms with Crippen molar-refractivity contribution in [3.8, 4) is 17.2 Å². The maximum atomic E-state index is 5.45. The summed E-state index contributed by atoms with van der Waals surface area (Å²) in [6.45, 7) is 6.07. The fraction of sp³-hybridized carbons (Fsp3) is 0.438. The molecule has 21 heavy (non-hydrogen) atoms. The van der Waals surface area contributed by atoms with E-state index >= 15 is 0 Å².